The van der Waals surface area contributed by atoms with E-state index < -0.39 is 17.4 Å². The van der Waals surface area contributed by atoms with Crippen LogP contribution < -0.4 is 15.7 Å². The molecule has 4 rings (SSSR count). The van der Waals surface area contributed by atoms with Crippen molar-refractivity contribution in [1.82, 2.24) is 19.2 Å². The zero-order valence-electron chi connectivity index (χ0n) is 16.3. The molecule has 0 aliphatic carbocycles. The number of benzene rings is 2. The van der Waals surface area contributed by atoms with Crippen molar-refractivity contribution in [3.8, 4) is 11.6 Å². The van der Waals surface area contributed by atoms with E-state index in [9.17, 15) is 18.8 Å². The topological polar surface area (TPSA) is 108 Å². The van der Waals surface area contributed by atoms with Gasteiger partial charge in [0, 0.05) is 29.7 Å². The molecule has 0 fully saturated rings. The lowest BCUT2D eigenvalue weighted by Crippen LogP contribution is -2.28. The molecule has 31 heavy (non-hydrogen) atoms. The van der Waals surface area contributed by atoms with Crippen molar-refractivity contribution in [3.63, 3.8) is 0 Å². The van der Waals surface area contributed by atoms with Crippen molar-refractivity contribution in [1.29, 1.82) is 0 Å². The first-order valence-electron chi connectivity index (χ1n) is 9.19. The number of aromatic nitrogens is 4. The molecule has 0 saturated carbocycles. The van der Waals surface area contributed by atoms with E-state index in [0.29, 0.717) is 11.3 Å². The second-order valence-corrected chi connectivity index (χ2v) is 6.61. The maximum Gasteiger partial charge on any atom is 0.351 e. The monoisotopic (exact) mass is 421 g/mol. The van der Waals surface area contributed by atoms with Crippen LogP contribution in [0.25, 0.3) is 5.65 Å². The highest BCUT2D eigenvalue weighted by Gasteiger charge is 2.16. The Morgan fingerprint density at radius 2 is 1.94 bits per heavy atom. The van der Waals surface area contributed by atoms with Gasteiger partial charge in [-0.15, -0.1) is 5.10 Å². The van der Waals surface area contributed by atoms with E-state index in [2.05, 4.69) is 15.4 Å². The quantitative estimate of drug-likeness (QED) is 0.480. The normalized spacial score (nSPS) is 10.8. The van der Waals surface area contributed by atoms with E-state index in [-0.39, 0.29) is 29.6 Å². The lowest BCUT2D eigenvalue weighted by molar-refractivity contribution is -0.117. The Bertz CT molecular complexity index is 1340. The Kier molecular flexibility index (Phi) is 5.27. The molecule has 4 aromatic rings. The molecule has 0 spiro atoms. The number of halogens is 1. The van der Waals surface area contributed by atoms with Crippen molar-refractivity contribution >= 4 is 23.0 Å². The highest BCUT2D eigenvalue weighted by molar-refractivity contribution is 5.95. The Hall–Kier alpha value is -4.34. The summed E-state index contributed by atoms with van der Waals surface area (Å²) in [6.07, 6.45) is 2.73. The molecule has 156 valence electrons. The number of hydrogen-bond acceptors (Lipinski definition) is 6. The molecule has 1 N–H and O–H groups in total. The molecule has 2 aromatic carbocycles. The highest BCUT2D eigenvalue weighted by atomic mass is 19.1. The molecule has 0 aliphatic rings. The maximum atomic E-state index is 13.4. The Morgan fingerprint density at radius 1 is 1.16 bits per heavy atom. The number of ketones is 1. The molecule has 2 heterocycles. The van der Waals surface area contributed by atoms with E-state index >= 15 is 0 Å². The van der Waals surface area contributed by atoms with Gasteiger partial charge in [-0.3, -0.25) is 9.59 Å². The van der Waals surface area contributed by atoms with Crippen LogP contribution in [0.4, 0.5) is 10.1 Å². The molecule has 0 radical (unpaired) electrons. The number of hydrogen-bond donors (Lipinski definition) is 1. The fraction of sp³-hybridized carbons (Fsp3) is 0.0952. The molecule has 2 aromatic heterocycles. The molecule has 0 saturated heterocycles. The van der Waals surface area contributed by atoms with E-state index in [4.69, 9.17) is 4.74 Å². The first-order chi connectivity index (χ1) is 14.9. The number of anilines is 1. The van der Waals surface area contributed by atoms with E-state index in [0.717, 1.165) is 4.68 Å². The summed E-state index contributed by atoms with van der Waals surface area (Å²) in [4.78, 5) is 40.3. The van der Waals surface area contributed by atoms with Crippen molar-refractivity contribution in [2.45, 2.75) is 13.5 Å². The third-order valence-corrected chi connectivity index (χ3v) is 4.35. The standard InChI is InChI=1S/C21H16FN5O4/c1-13(28)14-5-7-16(8-6-14)24-18(29)12-27-21(30)26-10-9-23-20(19(26)25-27)31-17-4-2-3-15(22)11-17/h2-11H,12H2,1H3,(H,24,29). The largest absolute Gasteiger partial charge is 0.436 e. The van der Waals surface area contributed by atoms with Crippen LogP contribution in [0.5, 0.6) is 11.6 Å². The fourth-order valence-electron chi connectivity index (χ4n) is 2.87. The van der Waals surface area contributed by atoms with Gasteiger partial charge in [0.05, 0.1) is 0 Å². The first kappa shape index (κ1) is 20.0. The summed E-state index contributed by atoms with van der Waals surface area (Å²) in [6, 6.07) is 11.8. The smallest absolute Gasteiger partial charge is 0.351 e. The van der Waals surface area contributed by atoms with E-state index in [1.165, 1.54) is 48.0 Å². The van der Waals surface area contributed by atoms with Crippen molar-refractivity contribution < 1.29 is 18.7 Å². The van der Waals surface area contributed by atoms with Gasteiger partial charge < -0.3 is 10.1 Å². The third kappa shape index (κ3) is 4.32. The SMILES string of the molecule is CC(=O)c1ccc(NC(=O)Cn2nc3c(Oc4cccc(F)c4)nccn3c2=O)cc1. The predicted octanol–water partition coefficient (Wildman–Crippen LogP) is 2.66. The van der Waals surface area contributed by atoms with Crippen LogP contribution in [0.3, 0.4) is 0 Å². The zero-order chi connectivity index (χ0) is 22.0. The summed E-state index contributed by atoms with van der Waals surface area (Å²) in [5.41, 5.74) is 0.510. The number of rotatable bonds is 6. The number of ether oxygens (including phenoxy) is 1. The zero-order valence-corrected chi connectivity index (χ0v) is 16.3. The van der Waals surface area contributed by atoms with Gasteiger partial charge >= 0.3 is 5.69 Å². The third-order valence-electron chi connectivity index (χ3n) is 4.35. The summed E-state index contributed by atoms with van der Waals surface area (Å²) >= 11 is 0. The summed E-state index contributed by atoms with van der Waals surface area (Å²) < 4.78 is 21.1. The van der Waals surface area contributed by atoms with Crippen molar-refractivity contribution in [2.24, 2.45) is 0 Å². The van der Waals surface area contributed by atoms with Gasteiger partial charge in [0.25, 0.3) is 5.88 Å². The minimum atomic E-state index is -0.566. The molecule has 0 aliphatic heterocycles. The van der Waals surface area contributed by atoms with Gasteiger partial charge in [-0.1, -0.05) is 6.07 Å². The second kappa shape index (κ2) is 8.19. The van der Waals surface area contributed by atoms with Gasteiger partial charge in [0.15, 0.2) is 5.78 Å². The molecular weight excluding hydrogens is 405 g/mol. The second-order valence-electron chi connectivity index (χ2n) is 6.61. The molecule has 1 amide bonds. The first-order valence-corrected chi connectivity index (χ1v) is 9.19. The van der Waals surface area contributed by atoms with Crippen LogP contribution >= 0.6 is 0 Å². The van der Waals surface area contributed by atoms with Crippen LogP contribution in [0.2, 0.25) is 0 Å². The van der Waals surface area contributed by atoms with Crippen LogP contribution in [0.1, 0.15) is 17.3 Å². The van der Waals surface area contributed by atoms with Gasteiger partial charge in [0.1, 0.15) is 18.1 Å². The summed E-state index contributed by atoms with van der Waals surface area (Å²) in [6.45, 7) is 1.10. The maximum absolute atomic E-state index is 13.4. The molecule has 9 nitrogen and oxygen atoms in total. The number of amides is 1. The fourth-order valence-corrected chi connectivity index (χ4v) is 2.87. The van der Waals surface area contributed by atoms with E-state index in [1.807, 2.05) is 0 Å². The van der Waals surface area contributed by atoms with Gasteiger partial charge in [-0.2, -0.15) is 0 Å². The molecule has 10 heteroatoms. The lowest BCUT2D eigenvalue weighted by Gasteiger charge is -2.05. The van der Waals surface area contributed by atoms with Crippen LogP contribution in [-0.2, 0) is 11.3 Å². The Labute approximate surface area is 174 Å². The van der Waals surface area contributed by atoms with Crippen molar-refractivity contribution in [2.75, 3.05) is 5.32 Å². The highest BCUT2D eigenvalue weighted by Crippen LogP contribution is 2.22. The summed E-state index contributed by atoms with van der Waals surface area (Å²) in [5.74, 6) is -0.875. The van der Waals surface area contributed by atoms with Crippen LogP contribution in [-0.4, -0.2) is 30.9 Å². The van der Waals surface area contributed by atoms with E-state index in [1.54, 1.807) is 24.3 Å². The Morgan fingerprint density at radius 3 is 2.65 bits per heavy atom. The van der Waals surface area contributed by atoms with Crippen LogP contribution in [0.15, 0.2) is 65.7 Å². The minimum absolute atomic E-state index is 0.0100. The van der Waals surface area contributed by atoms with Gasteiger partial charge in [0.2, 0.25) is 11.6 Å². The average Bonchev–Trinajstić information content (AvgIpc) is 3.05. The number of carbonyl (C=O) groups is 2. The summed E-state index contributed by atoms with van der Waals surface area (Å²) in [5, 5.41) is 6.77. The minimum Gasteiger partial charge on any atom is -0.436 e. The van der Waals surface area contributed by atoms with Gasteiger partial charge in [-0.05, 0) is 43.3 Å². The van der Waals surface area contributed by atoms with Gasteiger partial charge in [-0.25, -0.2) is 23.3 Å². The number of nitrogens with zero attached hydrogens (tertiary/aromatic N) is 4. The number of Topliss-reactive ketones (excluding diaryl/α,β-unsaturated/α-hetero) is 1. The molecule has 0 bridgehead atoms. The number of carbonyl (C=O) groups excluding carboxylic acids is 2. The Balaban J connectivity index is 1.55. The molecule has 0 unspecified atom stereocenters. The number of fused-ring (bicyclic) bond motifs is 1. The molecular formula is C21H16FN5O4. The predicted molar refractivity (Wildman–Crippen MR) is 109 cm³/mol. The molecule has 0 atom stereocenters. The average molecular weight is 421 g/mol. The van der Waals surface area contributed by atoms with Crippen molar-refractivity contribution in [3.05, 3.63) is 82.8 Å². The number of nitrogens with one attached hydrogen (secondary N) is 1. The van der Waals surface area contributed by atoms with Crippen LogP contribution in [0, 0.1) is 5.82 Å². The summed E-state index contributed by atoms with van der Waals surface area (Å²) in [7, 11) is 0. The lowest BCUT2D eigenvalue weighted by atomic mass is 10.1.